The van der Waals surface area contributed by atoms with E-state index in [1.165, 1.54) is 13.0 Å². The van der Waals surface area contributed by atoms with Gasteiger partial charge in [-0.2, -0.15) is 0 Å². The van der Waals surface area contributed by atoms with Crippen molar-refractivity contribution in [2.75, 3.05) is 5.88 Å². The van der Waals surface area contributed by atoms with E-state index in [9.17, 15) is 14.7 Å². The molecule has 0 fully saturated rings. The summed E-state index contributed by atoms with van der Waals surface area (Å²) in [7, 11) is 0. The van der Waals surface area contributed by atoms with Gasteiger partial charge in [0.05, 0.1) is 10.8 Å². The molecule has 6 heteroatoms. The molecule has 3 unspecified atom stereocenters. The summed E-state index contributed by atoms with van der Waals surface area (Å²) in [5.41, 5.74) is -2.46. The Morgan fingerprint density at radius 2 is 2.06 bits per heavy atom. The van der Waals surface area contributed by atoms with Gasteiger partial charge in [-0.1, -0.05) is 28.1 Å². The Labute approximate surface area is 106 Å². The van der Waals surface area contributed by atoms with Gasteiger partial charge in [0.25, 0.3) is 0 Å². The topological polar surface area (TPSA) is 74.6 Å². The molecule has 0 aliphatic heterocycles. The van der Waals surface area contributed by atoms with E-state index >= 15 is 0 Å². The first-order valence-corrected chi connectivity index (χ1v) is 6.10. The zero-order chi connectivity index (χ0) is 12.6. The van der Waals surface area contributed by atoms with E-state index in [0.717, 1.165) is 0 Å². The Hall–Kier alpha value is -0.550. The molecule has 90 valence electrons. The lowest BCUT2D eigenvalue weighted by atomic mass is 9.67. The van der Waals surface area contributed by atoms with Gasteiger partial charge in [0.15, 0.2) is 0 Å². The van der Waals surface area contributed by atoms with Crippen LogP contribution in [0, 0.1) is 10.8 Å². The molecule has 0 saturated carbocycles. The van der Waals surface area contributed by atoms with Crippen LogP contribution in [0.25, 0.3) is 0 Å². The first-order chi connectivity index (χ1) is 7.28. The molecule has 0 heterocycles. The Balaban J connectivity index is 3.20. The fourth-order valence-corrected chi connectivity index (χ4v) is 3.04. The van der Waals surface area contributed by atoms with Crippen molar-refractivity contribution < 1.29 is 19.8 Å². The average molecular weight is 312 g/mol. The monoisotopic (exact) mass is 310 g/mol. The van der Waals surface area contributed by atoms with Crippen LogP contribution in [0.1, 0.15) is 13.3 Å². The van der Waals surface area contributed by atoms with E-state index in [-0.39, 0.29) is 12.3 Å². The van der Waals surface area contributed by atoms with Gasteiger partial charge in [0.1, 0.15) is 0 Å². The Bertz CT molecular complexity index is 357. The third-order valence-electron chi connectivity index (χ3n) is 3.00. The summed E-state index contributed by atoms with van der Waals surface area (Å²) in [6, 6.07) is 0. The Morgan fingerprint density at radius 1 is 1.50 bits per heavy atom. The van der Waals surface area contributed by atoms with Crippen LogP contribution in [0.2, 0.25) is 0 Å². The quantitative estimate of drug-likeness (QED) is 0.618. The van der Waals surface area contributed by atoms with Gasteiger partial charge in [-0.3, -0.25) is 9.59 Å². The van der Waals surface area contributed by atoms with Gasteiger partial charge in [-0.05, 0) is 13.3 Å². The van der Waals surface area contributed by atoms with Crippen molar-refractivity contribution in [3.63, 3.8) is 0 Å². The van der Waals surface area contributed by atoms with Gasteiger partial charge < -0.3 is 10.2 Å². The maximum atomic E-state index is 11.3. The number of carboxylic acid groups (broad SMARTS) is 2. The predicted molar refractivity (Wildman–Crippen MR) is 63.0 cm³/mol. The minimum atomic E-state index is -1.27. The van der Waals surface area contributed by atoms with Crippen LogP contribution in [-0.2, 0) is 9.59 Å². The molecular weight excluding hydrogens is 299 g/mol. The van der Waals surface area contributed by atoms with Crippen molar-refractivity contribution in [3.05, 3.63) is 12.2 Å². The third kappa shape index (κ3) is 1.98. The van der Waals surface area contributed by atoms with E-state index in [1.54, 1.807) is 6.08 Å². The number of alkyl halides is 2. The lowest BCUT2D eigenvalue weighted by Gasteiger charge is -2.40. The molecule has 3 atom stereocenters. The fourth-order valence-electron chi connectivity index (χ4n) is 1.81. The zero-order valence-corrected chi connectivity index (χ0v) is 11.0. The van der Waals surface area contributed by atoms with E-state index in [2.05, 4.69) is 15.9 Å². The minimum Gasteiger partial charge on any atom is -0.481 e. The highest BCUT2D eigenvalue weighted by Crippen LogP contribution is 2.46. The summed E-state index contributed by atoms with van der Waals surface area (Å²) < 4.78 is 0. The van der Waals surface area contributed by atoms with Crippen molar-refractivity contribution >= 4 is 39.5 Å². The largest absolute Gasteiger partial charge is 0.481 e. The number of hydrogen-bond acceptors (Lipinski definition) is 2. The second-order valence-electron chi connectivity index (χ2n) is 4.26. The van der Waals surface area contributed by atoms with Crippen LogP contribution in [-0.4, -0.2) is 32.9 Å². The molecule has 0 spiro atoms. The molecule has 0 bridgehead atoms. The average Bonchev–Trinajstić information content (AvgIpc) is 2.21. The summed E-state index contributed by atoms with van der Waals surface area (Å²) in [6.07, 6.45) is 3.04. The second kappa shape index (κ2) is 4.37. The molecule has 0 aromatic heterocycles. The molecule has 0 aromatic rings. The predicted octanol–water partition coefficient (Wildman–Crippen LogP) is 2.11. The Morgan fingerprint density at radius 3 is 2.44 bits per heavy atom. The summed E-state index contributed by atoms with van der Waals surface area (Å²) in [5.74, 6) is -2.26. The molecule has 16 heavy (non-hydrogen) atoms. The van der Waals surface area contributed by atoms with Gasteiger partial charge in [0.2, 0.25) is 0 Å². The first-order valence-electron chi connectivity index (χ1n) is 4.65. The van der Waals surface area contributed by atoms with Crippen LogP contribution in [0.3, 0.4) is 0 Å². The molecule has 1 aliphatic carbocycles. The third-order valence-corrected chi connectivity index (χ3v) is 4.66. The maximum absolute atomic E-state index is 11.3. The lowest BCUT2D eigenvalue weighted by Crippen LogP contribution is -2.48. The number of carboxylic acids is 2. The number of halogens is 2. The van der Waals surface area contributed by atoms with Crippen LogP contribution in [0.5, 0.6) is 0 Å². The lowest BCUT2D eigenvalue weighted by molar-refractivity contribution is -0.153. The van der Waals surface area contributed by atoms with E-state index in [4.69, 9.17) is 16.7 Å². The van der Waals surface area contributed by atoms with Gasteiger partial charge in [-0.15, -0.1) is 11.6 Å². The molecule has 2 N–H and O–H groups in total. The number of allylic oxidation sites excluding steroid dienone is 1. The van der Waals surface area contributed by atoms with Gasteiger partial charge in [-0.25, -0.2) is 0 Å². The summed E-state index contributed by atoms with van der Waals surface area (Å²) in [6.45, 7) is 1.49. The van der Waals surface area contributed by atoms with E-state index in [1.807, 2.05) is 0 Å². The van der Waals surface area contributed by atoms with E-state index in [0.29, 0.717) is 0 Å². The highest BCUT2D eigenvalue weighted by atomic mass is 79.9. The molecule has 1 rings (SSSR count). The highest BCUT2D eigenvalue weighted by Gasteiger charge is 2.52. The van der Waals surface area contributed by atoms with E-state index < -0.39 is 27.6 Å². The molecule has 4 nitrogen and oxygen atoms in total. The van der Waals surface area contributed by atoms with Crippen LogP contribution in [0.4, 0.5) is 0 Å². The fraction of sp³-hybridized carbons (Fsp3) is 0.600. The molecule has 0 saturated heterocycles. The number of rotatable bonds is 3. The van der Waals surface area contributed by atoms with Crippen molar-refractivity contribution in [3.8, 4) is 0 Å². The first kappa shape index (κ1) is 13.5. The normalized spacial score (nSPS) is 38.3. The maximum Gasteiger partial charge on any atom is 0.313 e. The Kier molecular flexibility index (Phi) is 3.69. The van der Waals surface area contributed by atoms with Crippen molar-refractivity contribution in [1.29, 1.82) is 0 Å². The summed E-state index contributed by atoms with van der Waals surface area (Å²) in [5, 5.41) is 18.3. The van der Waals surface area contributed by atoms with Crippen LogP contribution < -0.4 is 0 Å². The zero-order valence-electron chi connectivity index (χ0n) is 8.61. The van der Waals surface area contributed by atoms with Crippen molar-refractivity contribution in [2.45, 2.75) is 18.2 Å². The second-order valence-corrected chi connectivity index (χ2v) is 5.51. The highest BCUT2D eigenvalue weighted by molar-refractivity contribution is 9.09. The van der Waals surface area contributed by atoms with Gasteiger partial charge in [0, 0.05) is 10.7 Å². The van der Waals surface area contributed by atoms with Crippen LogP contribution in [0.15, 0.2) is 12.2 Å². The van der Waals surface area contributed by atoms with Gasteiger partial charge >= 0.3 is 11.9 Å². The number of aliphatic carboxylic acids is 2. The number of carbonyl (C=O) groups is 2. The number of hydrogen-bond donors (Lipinski definition) is 2. The van der Waals surface area contributed by atoms with Crippen molar-refractivity contribution in [1.82, 2.24) is 0 Å². The molecule has 1 aliphatic rings. The minimum absolute atomic E-state index is 0.0272. The summed E-state index contributed by atoms with van der Waals surface area (Å²) in [4.78, 5) is 21.9. The summed E-state index contributed by atoms with van der Waals surface area (Å²) >= 11 is 8.95. The molecule has 0 radical (unpaired) electrons. The SMILES string of the molecule is CC1(C(=O)O)C=CC(Br)C(CCl)(C(=O)O)C1. The van der Waals surface area contributed by atoms with Crippen LogP contribution >= 0.6 is 27.5 Å². The standard InChI is InChI=1S/C10H12BrClO4/c1-9(7(13)14)3-2-6(11)10(4-9,5-12)8(15)16/h2-3,6H,4-5H2,1H3,(H,13,14)(H,15,16). The smallest absolute Gasteiger partial charge is 0.313 e. The molecule has 0 amide bonds. The van der Waals surface area contributed by atoms with Crippen molar-refractivity contribution in [2.24, 2.45) is 10.8 Å². The molecular formula is C10H12BrClO4. The molecule has 0 aromatic carbocycles.